The molecule has 0 fully saturated rings. The minimum Gasteiger partial charge on any atom is -0.477 e. The molecule has 2 heterocycles. The van der Waals surface area contributed by atoms with Crippen LogP contribution in [0.3, 0.4) is 0 Å². The molecule has 0 saturated carbocycles. The van der Waals surface area contributed by atoms with Gasteiger partial charge >= 0.3 is 5.97 Å². The summed E-state index contributed by atoms with van der Waals surface area (Å²) in [5.74, 6) is -1.14. The summed E-state index contributed by atoms with van der Waals surface area (Å²) in [4.78, 5) is 33.3. The topological polar surface area (TPSA) is 122 Å². The quantitative estimate of drug-likeness (QED) is 0.716. The van der Waals surface area contributed by atoms with Crippen LogP contribution in [-0.4, -0.2) is 26.0 Å². The van der Waals surface area contributed by atoms with E-state index in [1.165, 1.54) is 18.2 Å². The highest BCUT2D eigenvalue weighted by Gasteiger charge is 2.11. The molecule has 4 N–H and O–H groups in total. The summed E-state index contributed by atoms with van der Waals surface area (Å²) in [6.45, 7) is 1.99. The van der Waals surface area contributed by atoms with Crippen molar-refractivity contribution in [3.63, 3.8) is 0 Å². The molecular weight excluding hydrogens is 292 g/mol. The predicted octanol–water partition coefficient (Wildman–Crippen LogP) is 1.55. The van der Waals surface area contributed by atoms with Gasteiger partial charge in [-0.3, -0.25) is 4.79 Å². The first kappa shape index (κ1) is 15.0. The second kappa shape index (κ2) is 6.40. The number of nitrogen functional groups attached to an aromatic ring is 1. The molecule has 0 saturated heterocycles. The maximum Gasteiger partial charge on any atom is 0.354 e. The molecule has 0 radical (unpaired) electrons. The number of nitrogens with two attached hydrogens (primary N) is 1. The number of aromatic carboxylic acids is 1. The van der Waals surface area contributed by atoms with Crippen LogP contribution in [-0.2, 0) is 6.42 Å². The van der Waals surface area contributed by atoms with Gasteiger partial charge in [-0.1, -0.05) is 13.3 Å². The van der Waals surface area contributed by atoms with Gasteiger partial charge in [0.05, 0.1) is 5.69 Å². The van der Waals surface area contributed by atoms with Crippen molar-refractivity contribution in [3.05, 3.63) is 39.9 Å². The molecule has 0 amide bonds. The first-order chi connectivity index (χ1) is 9.99. The lowest BCUT2D eigenvalue weighted by Crippen LogP contribution is -2.10. The number of hydrogen-bond acceptors (Lipinski definition) is 6. The van der Waals surface area contributed by atoms with E-state index in [0.29, 0.717) is 28.0 Å². The Labute approximate surface area is 124 Å². The lowest BCUT2D eigenvalue weighted by atomic mass is 10.2. The number of carbonyl (C=O) groups is 1. The average Bonchev–Trinajstić information content (AvgIpc) is 2.40. The van der Waals surface area contributed by atoms with Crippen LogP contribution in [0.25, 0.3) is 0 Å². The molecule has 0 aliphatic carbocycles. The number of anilines is 1. The van der Waals surface area contributed by atoms with Gasteiger partial charge in [-0.25, -0.2) is 14.8 Å². The van der Waals surface area contributed by atoms with E-state index in [4.69, 9.17) is 10.8 Å². The Morgan fingerprint density at radius 1 is 1.43 bits per heavy atom. The van der Waals surface area contributed by atoms with Gasteiger partial charge in [-0.15, -0.1) is 0 Å². The molecule has 2 aromatic rings. The Morgan fingerprint density at radius 3 is 2.86 bits per heavy atom. The number of rotatable bonds is 5. The van der Waals surface area contributed by atoms with Crippen molar-refractivity contribution in [1.29, 1.82) is 0 Å². The molecule has 7 nitrogen and oxygen atoms in total. The van der Waals surface area contributed by atoms with Gasteiger partial charge in [0, 0.05) is 11.8 Å². The summed E-state index contributed by atoms with van der Waals surface area (Å²) in [7, 11) is 0. The van der Waals surface area contributed by atoms with Crippen molar-refractivity contribution < 1.29 is 9.90 Å². The van der Waals surface area contributed by atoms with E-state index < -0.39 is 5.97 Å². The zero-order valence-corrected chi connectivity index (χ0v) is 12.1. The third-order valence-corrected chi connectivity index (χ3v) is 3.49. The summed E-state index contributed by atoms with van der Waals surface area (Å²) in [6, 6.07) is 4.23. The van der Waals surface area contributed by atoms with Crippen LogP contribution in [0.2, 0.25) is 0 Å². The molecule has 8 heteroatoms. The first-order valence-corrected chi connectivity index (χ1v) is 7.09. The Morgan fingerprint density at radius 2 is 2.19 bits per heavy atom. The number of aryl methyl sites for hydroxylation is 1. The van der Waals surface area contributed by atoms with Crippen molar-refractivity contribution in [2.24, 2.45) is 0 Å². The second-order valence-electron chi connectivity index (χ2n) is 4.29. The molecule has 0 spiro atoms. The highest BCUT2D eigenvalue weighted by Crippen LogP contribution is 2.27. The van der Waals surface area contributed by atoms with E-state index in [9.17, 15) is 9.59 Å². The number of nitrogens with zero attached hydrogens (tertiary/aromatic N) is 2. The summed E-state index contributed by atoms with van der Waals surface area (Å²) in [5.41, 5.74) is 6.41. The molecule has 0 aliphatic heterocycles. The number of aromatic nitrogens is 3. The SMILES string of the molecule is CCCc1cc(=O)[nH]c(Sc2nc(C(=O)O)ccc2N)n1. The summed E-state index contributed by atoms with van der Waals surface area (Å²) in [5, 5.41) is 9.58. The third-order valence-electron chi connectivity index (χ3n) is 2.58. The van der Waals surface area contributed by atoms with Crippen molar-refractivity contribution >= 4 is 23.4 Å². The number of carboxylic acids is 1. The predicted molar refractivity (Wildman–Crippen MR) is 78.6 cm³/mol. The number of carboxylic acid groups (broad SMARTS) is 1. The molecule has 110 valence electrons. The lowest BCUT2D eigenvalue weighted by molar-refractivity contribution is 0.0690. The zero-order valence-electron chi connectivity index (χ0n) is 11.3. The molecule has 2 rings (SSSR count). The van der Waals surface area contributed by atoms with E-state index in [-0.39, 0.29) is 11.3 Å². The van der Waals surface area contributed by atoms with Crippen LogP contribution in [0, 0.1) is 0 Å². The van der Waals surface area contributed by atoms with E-state index in [1.807, 2.05) is 6.92 Å². The normalized spacial score (nSPS) is 10.5. The van der Waals surface area contributed by atoms with Gasteiger partial charge in [0.2, 0.25) is 0 Å². The second-order valence-corrected chi connectivity index (χ2v) is 5.27. The fraction of sp³-hybridized carbons (Fsp3) is 0.231. The molecule has 0 aliphatic rings. The van der Waals surface area contributed by atoms with Crippen LogP contribution in [0.15, 0.2) is 33.2 Å². The zero-order chi connectivity index (χ0) is 15.4. The Bertz CT molecular complexity index is 730. The number of aromatic amines is 1. The van der Waals surface area contributed by atoms with Crippen molar-refractivity contribution in [2.45, 2.75) is 29.9 Å². The fourth-order valence-electron chi connectivity index (χ4n) is 1.66. The van der Waals surface area contributed by atoms with Gasteiger partial charge in [0.25, 0.3) is 5.56 Å². The third kappa shape index (κ3) is 3.82. The maximum atomic E-state index is 11.6. The lowest BCUT2D eigenvalue weighted by Gasteiger charge is -2.06. The summed E-state index contributed by atoms with van der Waals surface area (Å²) >= 11 is 1.03. The van der Waals surface area contributed by atoms with Crippen LogP contribution in [0.5, 0.6) is 0 Å². The van der Waals surface area contributed by atoms with Gasteiger partial charge in [0.15, 0.2) is 5.16 Å². The Kier molecular flexibility index (Phi) is 4.59. The van der Waals surface area contributed by atoms with E-state index >= 15 is 0 Å². The largest absolute Gasteiger partial charge is 0.477 e. The number of H-pyrrole nitrogens is 1. The standard InChI is InChI=1S/C13H14N4O3S/c1-2-3-7-6-10(18)17-13(15-7)21-11-8(14)4-5-9(16-11)12(19)20/h4-6H,2-3,14H2,1H3,(H,19,20)(H,15,17,18). The first-order valence-electron chi connectivity index (χ1n) is 6.27. The van der Waals surface area contributed by atoms with Crippen molar-refractivity contribution in [2.75, 3.05) is 5.73 Å². The molecular formula is C13H14N4O3S. The number of pyridine rings is 1. The highest BCUT2D eigenvalue weighted by molar-refractivity contribution is 7.99. The van der Waals surface area contributed by atoms with Crippen molar-refractivity contribution in [1.82, 2.24) is 15.0 Å². The van der Waals surface area contributed by atoms with Crippen molar-refractivity contribution in [3.8, 4) is 0 Å². The van der Waals surface area contributed by atoms with Gasteiger partial charge < -0.3 is 15.8 Å². The van der Waals surface area contributed by atoms with Crippen LogP contribution in [0.4, 0.5) is 5.69 Å². The molecule has 2 aromatic heterocycles. The van der Waals surface area contributed by atoms with Gasteiger partial charge in [0.1, 0.15) is 10.7 Å². The molecule has 21 heavy (non-hydrogen) atoms. The molecule has 0 atom stereocenters. The van der Waals surface area contributed by atoms with E-state index in [2.05, 4.69) is 15.0 Å². The average molecular weight is 306 g/mol. The van der Waals surface area contributed by atoms with Gasteiger partial charge in [-0.05, 0) is 30.3 Å². The van der Waals surface area contributed by atoms with Crippen LogP contribution in [0.1, 0.15) is 29.5 Å². The summed E-state index contributed by atoms with van der Waals surface area (Å²) < 4.78 is 0. The molecule has 0 aromatic carbocycles. The van der Waals surface area contributed by atoms with Crippen LogP contribution < -0.4 is 11.3 Å². The number of hydrogen-bond donors (Lipinski definition) is 3. The summed E-state index contributed by atoms with van der Waals surface area (Å²) in [6.07, 6.45) is 1.56. The minimum atomic E-state index is -1.14. The van der Waals surface area contributed by atoms with Crippen LogP contribution >= 0.6 is 11.8 Å². The maximum absolute atomic E-state index is 11.6. The monoisotopic (exact) mass is 306 g/mol. The van der Waals surface area contributed by atoms with Gasteiger partial charge in [-0.2, -0.15) is 0 Å². The molecule has 0 bridgehead atoms. The fourth-order valence-corrected chi connectivity index (χ4v) is 2.49. The minimum absolute atomic E-state index is 0.112. The Balaban J connectivity index is 2.35. The number of nitrogens with one attached hydrogen (secondary N) is 1. The smallest absolute Gasteiger partial charge is 0.354 e. The Hall–Kier alpha value is -2.35. The highest BCUT2D eigenvalue weighted by atomic mass is 32.2. The van der Waals surface area contributed by atoms with E-state index in [0.717, 1.165) is 18.2 Å². The molecule has 0 unspecified atom stereocenters. The van der Waals surface area contributed by atoms with E-state index in [1.54, 1.807) is 0 Å².